The lowest BCUT2D eigenvalue weighted by atomic mass is 10.2. The summed E-state index contributed by atoms with van der Waals surface area (Å²) in [5.74, 6) is 0.260. The van der Waals surface area contributed by atoms with Crippen LogP contribution < -0.4 is 15.8 Å². The molecule has 5 heteroatoms. The fourth-order valence-electron chi connectivity index (χ4n) is 1.80. The minimum absolute atomic E-state index is 0.210. The van der Waals surface area contributed by atoms with Gasteiger partial charge in [-0.25, -0.2) is 0 Å². The summed E-state index contributed by atoms with van der Waals surface area (Å²) in [6.45, 7) is 2.79. The molecule has 1 amide bonds. The van der Waals surface area contributed by atoms with Crippen LogP contribution in [0, 0.1) is 0 Å². The summed E-state index contributed by atoms with van der Waals surface area (Å²) >= 11 is 0. The van der Waals surface area contributed by atoms with Crippen LogP contribution in [0.2, 0.25) is 0 Å². The van der Waals surface area contributed by atoms with Crippen molar-refractivity contribution >= 4 is 16.8 Å². The lowest BCUT2D eigenvalue weighted by Crippen LogP contribution is -2.45. The van der Waals surface area contributed by atoms with E-state index in [0.29, 0.717) is 12.3 Å². The highest BCUT2D eigenvalue weighted by atomic mass is 16.5. The van der Waals surface area contributed by atoms with Crippen molar-refractivity contribution in [2.75, 3.05) is 13.2 Å². The Bertz CT molecular complexity index is 571. The average Bonchev–Trinajstić information content (AvgIpc) is 2.43. The maximum absolute atomic E-state index is 11.2. The molecule has 0 spiro atoms. The molecule has 0 bridgehead atoms. The van der Waals surface area contributed by atoms with Crippen molar-refractivity contribution in [2.24, 2.45) is 5.73 Å². The van der Waals surface area contributed by atoms with Crippen LogP contribution in [-0.4, -0.2) is 30.1 Å². The third-order valence-corrected chi connectivity index (χ3v) is 2.79. The van der Waals surface area contributed by atoms with Crippen LogP contribution in [0.25, 0.3) is 10.9 Å². The molecule has 0 radical (unpaired) electrons. The Morgan fingerprint density at radius 2 is 2.32 bits per heavy atom. The molecule has 19 heavy (non-hydrogen) atoms. The molecular formula is C14H17N3O2. The van der Waals surface area contributed by atoms with Gasteiger partial charge in [0.1, 0.15) is 18.4 Å². The molecule has 1 unspecified atom stereocenters. The third kappa shape index (κ3) is 3.42. The summed E-state index contributed by atoms with van der Waals surface area (Å²) in [4.78, 5) is 15.4. The van der Waals surface area contributed by atoms with Crippen LogP contribution in [0.5, 0.6) is 5.75 Å². The maximum Gasteiger partial charge on any atom is 0.238 e. The van der Waals surface area contributed by atoms with Gasteiger partial charge in [-0.2, -0.15) is 0 Å². The van der Waals surface area contributed by atoms with Crippen molar-refractivity contribution in [3.05, 3.63) is 36.5 Å². The van der Waals surface area contributed by atoms with Gasteiger partial charge in [0, 0.05) is 17.6 Å². The van der Waals surface area contributed by atoms with E-state index < -0.39 is 11.9 Å². The maximum atomic E-state index is 11.2. The number of amides is 1. The molecule has 1 heterocycles. The summed E-state index contributed by atoms with van der Waals surface area (Å²) in [5, 5.41) is 4.02. The number of nitrogens with one attached hydrogen (secondary N) is 1. The molecule has 2 aromatic rings. The number of primary amides is 1. The Labute approximate surface area is 111 Å². The first-order chi connectivity index (χ1) is 9.20. The number of likely N-dealkylation sites (N-methyl/N-ethyl adjacent to an activating group) is 1. The van der Waals surface area contributed by atoms with E-state index in [1.165, 1.54) is 0 Å². The van der Waals surface area contributed by atoms with Crippen LogP contribution in [0.1, 0.15) is 6.92 Å². The first-order valence-corrected chi connectivity index (χ1v) is 6.21. The number of hydrogen-bond donors (Lipinski definition) is 2. The monoisotopic (exact) mass is 259 g/mol. The van der Waals surface area contributed by atoms with Crippen LogP contribution in [0.4, 0.5) is 0 Å². The molecule has 1 aromatic carbocycles. The molecule has 0 saturated carbocycles. The highest BCUT2D eigenvalue weighted by Gasteiger charge is 2.14. The van der Waals surface area contributed by atoms with E-state index in [4.69, 9.17) is 10.5 Å². The van der Waals surface area contributed by atoms with Gasteiger partial charge in [-0.05, 0) is 24.7 Å². The number of benzene rings is 1. The molecule has 0 aliphatic carbocycles. The van der Waals surface area contributed by atoms with Gasteiger partial charge in [0.25, 0.3) is 0 Å². The number of nitrogens with two attached hydrogens (primary N) is 1. The number of rotatable bonds is 6. The predicted octanol–water partition coefficient (Wildman–Crippen LogP) is 1.08. The highest BCUT2D eigenvalue weighted by molar-refractivity contribution is 5.80. The normalized spacial score (nSPS) is 12.3. The van der Waals surface area contributed by atoms with Gasteiger partial charge < -0.3 is 15.8 Å². The quantitative estimate of drug-likeness (QED) is 0.813. The molecule has 1 atom stereocenters. The SMILES string of the molecule is CCNC(COc1ccc2cccnc2c1)C(N)=O. The van der Waals surface area contributed by atoms with Crippen LogP contribution in [0.3, 0.4) is 0 Å². The first kappa shape index (κ1) is 13.3. The second-order valence-corrected chi connectivity index (χ2v) is 4.18. The molecule has 1 aromatic heterocycles. The highest BCUT2D eigenvalue weighted by Crippen LogP contribution is 2.18. The summed E-state index contributed by atoms with van der Waals surface area (Å²) < 4.78 is 5.59. The van der Waals surface area contributed by atoms with E-state index >= 15 is 0 Å². The van der Waals surface area contributed by atoms with E-state index in [2.05, 4.69) is 10.3 Å². The second-order valence-electron chi connectivity index (χ2n) is 4.18. The fourth-order valence-corrected chi connectivity index (χ4v) is 1.80. The molecular weight excluding hydrogens is 242 g/mol. The van der Waals surface area contributed by atoms with E-state index in [1.54, 1.807) is 6.20 Å². The van der Waals surface area contributed by atoms with Crippen LogP contribution in [0.15, 0.2) is 36.5 Å². The Kier molecular flexibility index (Phi) is 4.30. The molecule has 2 rings (SSSR count). The largest absolute Gasteiger partial charge is 0.491 e. The zero-order chi connectivity index (χ0) is 13.7. The number of nitrogens with zero attached hydrogens (tertiary/aromatic N) is 1. The summed E-state index contributed by atoms with van der Waals surface area (Å²) in [6.07, 6.45) is 1.73. The van der Waals surface area contributed by atoms with Crippen molar-refractivity contribution in [3.63, 3.8) is 0 Å². The summed E-state index contributed by atoms with van der Waals surface area (Å²) in [7, 11) is 0. The third-order valence-electron chi connectivity index (χ3n) is 2.79. The molecule has 3 N–H and O–H groups in total. The van der Waals surface area contributed by atoms with Crippen LogP contribution in [-0.2, 0) is 4.79 Å². The topological polar surface area (TPSA) is 77.2 Å². The number of hydrogen-bond acceptors (Lipinski definition) is 4. The Morgan fingerprint density at radius 3 is 3.05 bits per heavy atom. The van der Waals surface area contributed by atoms with Gasteiger partial charge in [-0.3, -0.25) is 9.78 Å². The Balaban J connectivity index is 2.06. The van der Waals surface area contributed by atoms with Gasteiger partial charge in [-0.1, -0.05) is 13.0 Å². The molecule has 5 nitrogen and oxygen atoms in total. The van der Waals surface area contributed by atoms with E-state index in [-0.39, 0.29) is 6.61 Å². The average molecular weight is 259 g/mol. The minimum Gasteiger partial charge on any atom is -0.491 e. The molecule has 100 valence electrons. The zero-order valence-corrected chi connectivity index (χ0v) is 10.8. The van der Waals surface area contributed by atoms with Gasteiger partial charge in [0.2, 0.25) is 5.91 Å². The van der Waals surface area contributed by atoms with Crippen molar-refractivity contribution in [1.29, 1.82) is 0 Å². The smallest absolute Gasteiger partial charge is 0.238 e. The number of ether oxygens (including phenoxy) is 1. The van der Waals surface area contributed by atoms with Crippen molar-refractivity contribution in [1.82, 2.24) is 10.3 Å². The molecule has 0 aliphatic rings. The van der Waals surface area contributed by atoms with Crippen molar-refractivity contribution in [2.45, 2.75) is 13.0 Å². The first-order valence-electron chi connectivity index (χ1n) is 6.21. The van der Waals surface area contributed by atoms with E-state index in [1.807, 2.05) is 37.3 Å². The zero-order valence-electron chi connectivity index (χ0n) is 10.8. The van der Waals surface area contributed by atoms with Crippen LogP contribution >= 0.6 is 0 Å². The summed E-state index contributed by atoms with van der Waals surface area (Å²) in [6, 6.07) is 9.02. The summed E-state index contributed by atoms with van der Waals surface area (Å²) in [5.41, 5.74) is 6.14. The molecule has 0 saturated heterocycles. The Morgan fingerprint density at radius 1 is 1.47 bits per heavy atom. The number of carbonyl (C=O) groups is 1. The standard InChI is InChI=1S/C14H17N3O2/c1-2-16-13(14(15)18)9-19-11-6-5-10-4-3-7-17-12(10)8-11/h3-8,13,16H,2,9H2,1H3,(H2,15,18). The molecule has 0 aliphatic heterocycles. The lowest BCUT2D eigenvalue weighted by Gasteiger charge is -2.15. The van der Waals surface area contributed by atoms with E-state index in [9.17, 15) is 4.79 Å². The predicted molar refractivity (Wildman–Crippen MR) is 73.9 cm³/mol. The van der Waals surface area contributed by atoms with E-state index in [0.717, 1.165) is 10.9 Å². The van der Waals surface area contributed by atoms with Gasteiger partial charge in [0.15, 0.2) is 0 Å². The number of pyridine rings is 1. The fraction of sp³-hybridized carbons (Fsp3) is 0.286. The van der Waals surface area contributed by atoms with Crippen molar-refractivity contribution in [3.8, 4) is 5.75 Å². The number of fused-ring (bicyclic) bond motifs is 1. The van der Waals surface area contributed by atoms with Gasteiger partial charge >= 0.3 is 0 Å². The van der Waals surface area contributed by atoms with Crippen molar-refractivity contribution < 1.29 is 9.53 Å². The van der Waals surface area contributed by atoms with Gasteiger partial charge in [-0.15, -0.1) is 0 Å². The number of carbonyl (C=O) groups excluding carboxylic acids is 1. The second kappa shape index (κ2) is 6.15. The molecule has 0 fully saturated rings. The lowest BCUT2D eigenvalue weighted by molar-refractivity contribution is -0.120. The Hall–Kier alpha value is -2.14. The number of aromatic nitrogens is 1. The minimum atomic E-state index is -0.482. The van der Waals surface area contributed by atoms with Gasteiger partial charge in [0.05, 0.1) is 5.52 Å².